The van der Waals surface area contributed by atoms with Crippen LogP contribution < -0.4 is 10.2 Å². The summed E-state index contributed by atoms with van der Waals surface area (Å²) >= 11 is 6.14. The SMILES string of the molecule is O=C(NCc1ccccc1)[C@H](c1ccc(Cl)cc1)N1C(=O)[C@H]2CCCC[C@@H]2c2ccccc21. The van der Waals surface area contributed by atoms with E-state index in [2.05, 4.69) is 11.4 Å². The lowest BCUT2D eigenvalue weighted by atomic mass is 9.71. The summed E-state index contributed by atoms with van der Waals surface area (Å²) in [6, 6.07) is 24.4. The average molecular weight is 459 g/mol. The van der Waals surface area contributed by atoms with Crippen LogP contribution in [0.3, 0.4) is 0 Å². The van der Waals surface area contributed by atoms with Gasteiger partial charge in [0.25, 0.3) is 0 Å². The summed E-state index contributed by atoms with van der Waals surface area (Å²) in [5, 5.41) is 3.66. The summed E-state index contributed by atoms with van der Waals surface area (Å²) in [7, 11) is 0. The van der Waals surface area contributed by atoms with Gasteiger partial charge in [-0.05, 0) is 53.6 Å². The molecule has 1 aliphatic heterocycles. The zero-order chi connectivity index (χ0) is 22.8. The molecule has 1 fully saturated rings. The molecule has 3 atom stereocenters. The predicted molar refractivity (Wildman–Crippen MR) is 131 cm³/mol. The quantitative estimate of drug-likeness (QED) is 0.508. The summed E-state index contributed by atoms with van der Waals surface area (Å²) in [6.07, 6.45) is 4.08. The van der Waals surface area contributed by atoms with Crippen molar-refractivity contribution in [2.24, 2.45) is 5.92 Å². The fourth-order valence-electron chi connectivity index (χ4n) is 5.33. The van der Waals surface area contributed by atoms with Crippen LogP contribution in [0.1, 0.15) is 54.3 Å². The van der Waals surface area contributed by atoms with Gasteiger partial charge in [-0.3, -0.25) is 14.5 Å². The highest BCUT2D eigenvalue weighted by atomic mass is 35.5. The van der Waals surface area contributed by atoms with Crippen LogP contribution in [0, 0.1) is 5.92 Å². The summed E-state index contributed by atoms with van der Waals surface area (Å²) in [6.45, 7) is 0.402. The van der Waals surface area contributed by atoms with Crippen molar-refractivity contribution < 1.29 is 9.59 Å². The van der Waals surface area contributed by atoms with Crippen LogP contribution in [0.15, 0.2) is 78.9 Å². The lowest BCUT2D eigenvalue weighted by molar-refractivity contribution is -0.129. The number of nitrogens with zero attached hydrogens (tertiary/aromatic N) is 1. The van der Waals surface area contributed by atoms with Crippen molar-refractivity contribution in [3.05, 3.63) is 101 Å². The summed E-state index contributed by atoms with van der Waals surface area (Å²) < 4.78 is 0. The third-order valence-electron chi connectivity index (χ3n) is 6.92. The minimum absolute atomic E-state index is 0.0493. The van der Waals surface area contributed by atoms with Crippen LogP contribution in [0.2, 0.25) is 5.02 Å². The molecule has 1 aliphatic carbocycles. The Morgan fingerprint density at radius 1 is 0.909 bits per heavy atom. The van der Waals surface area contributed by atoms with E-state index >= 15 is 0 Å². The van der Waals surface area contributed by atoms with Crippen LogP contribution in [-0.2, 0) is 16.1 Å². The van der Waals surface area contributed by atoms with Gasteiger partial charge in [-0.15, -0.1) is 0 Å². The van der Waals surface area contributed by atoms with Crippen molar-refractivity contribution in [1.29, 1.82) is 0 Å². The molecule has 3 aromatic rings. The highest BCUT2D eigenvalue weighted by Crippen LogP contribution is 2.49. The second-order valence-corrected chi connectivity index (χ2v) is 9.36. The smallest absolute Gasteiger partial charge is 0.248 e. The fraction of sp³-hybridized carbons (Fsp3) is 0.286. The Kier molecular flexibility index (Phi) is 6.19. The molecule has 0 radical (unpaired) electrons. The molecular weight excluding hydrogens is 432 g/mol. The first-order chi connectivity index (χ1) is 16.1. The summed E-state index contributed by atoms with van der Waals surface area (Å²) in [5.74, 6) is 0.00844. The number of fused-ring (bicyclic) bond motifs is 3. The molecule has 5 rings (SSSR count). The lowest BCUT2D eigenvalue weighted by Crippen LogP contribution is -2.50. The Balaban J connectivity index is 1.55. The molecule has 0 unspecified atom stereocenters. The number of rotatable bonds is 5. The minimum atomic E-state index is -0.762. The van der Waals surface area contributed by atoms with E-state index in [1.165, 1.54) is 5.56 Å². The van der Waals surface area contributed by atoms with Gasteiger partial charge in [0.15, 0.2) is 0 Å². The van der Waals surface area contributed by atoms with Crippen molar-refractivity contribution in [3.63, 3.8) is 0 Å². The molecule has 168 valence electrons. The van der Waals surface area contributed by atoms with E-state index in [9.17, 15) is 9.59 Å². The summed E-state index contributed by atoms with van der Waals surface area (Å²) in [4.78, 5) is 29.3. The molecule has 1 N–H and O–H groups in total. The number of anilines is 1. The normalized spacial score (nSPS) is 20.5. The number of hydrogen-bond acceptors (Lipinski definition) is 2. The van der Waals surface area contributed by atoms with Crippen LogP contribution >= 0.6 is 11.6 Å². The Bertz CT molecular complexity index is 1150. The van der Waals surface area contributed by atoms with Gasteiger partial charge in [0.05, 0.1) is 0 Å². The molecule has 1 saturated carbocycles. The molecule has 5 heteroatoms. The molecule has 4 nitrogen and oxygen atoms in total. The third kappa shape index (κ3) is 4.28. The maximum absolute atomic E-state index is 13.9. The van der Waals surface area contributed by atoms with Gasteiger partial charge >= 0.3 is 0 Å². The molecule has 0 aromatic heterocycles. The van der Waals surface area contributed by atoms with Gasteiger partial charge < -0.3 is 5.32 Å². The van der Waals surface area contributed by atoms with Crippen LogP contribution in [0.4, 0.5) is 5.69 Å². The van der Waals surface area contributed by atoms with E-state index in [1.807, 2.05) is 60.7 Å². The topological polar surface area (TPSA) is 49.4 Å². The van der Waals surface area contributed by atoms with Gasteiger partial charge in [-0.1, -0.05) is 85.1 Å². The molecule has 0 saturated heterocycles. The van der Waals surface area contributed by atoms with Crippen molar-refractivity contribution in [2.75, 3.05) is 4.90 Å². The first-order valence-electron chi connectivity index (χ1n) is 11.6. The van der Waals surface area contributed by atoms with Gasteiger partial charge in [-0.2, -0.15) is 0 Å². The van der Waals surface area contributed by atoms with E-state index in [-0.39, 0.29) is 23.7 Å². The zero-order valence-electron chi connectivity index (χ0n) is 18.4. The van der Waals surface area contributed by atoms with Crippen LogP contribution in [0.25, 0.3) is 0 Å². The van der Waals surface area contributed by atoms with Crippen molar-refractivity contribution >= 4 is 29.1 Å². The fourth-order valence-corrected chi connectivity index (χ4v) is 5.45. The maximum atomic E-state index is 13.9. The Hall–Kier alpha value is -3.11. The largest absolute Gasteiger partial charge is 0.350 e. The molecule has 3 aromatic carbocycles. The highest BCUT2D eigenvalue weighted by molar-refractivity contribution is 6.30. The average Bonchev–Trinajstić information content (AvgIpc) is 2.86. The second kappa shape index (κ2) is 9.40. The zero-order valence-corrected chi connectivity index (χ0v) is 19.2. The van der Waals surface area contributed by atoms with Gasteiger partial charge in [0.2, 0.25) is 11.8 Å². The molecular formula is C28H27ClN2O2. The molecule has 0 bridgehead atoms. The van der Waals surface area contributed by atoms with Crippen molar-refractivity contribution in [2.45, 2.75) is 44.2 Å². The van der Waals surface area contributed by atoms with E-state index in [0.717, 1.165) is 42.5 Å². The minimum Gasteiger partial charge on any atom is -0.350 e. The standard InChI is InChI=1S/C28H27ClN2O2/c29-21-16-14-20(15-17-21)26(27(32)30-18-19-8-2-1-3-9-19)31-25-13-7-6-11-23(25)22-10-4-5-12-24(22)28(31)33/h1-3,6-9,11,13-17,22,24,26H,4-5,10,12,18H2,(H,30,32)/t22-,24+,26+/m1/s1. The van der Waals surface area contributed by atoms with Crippen LogP contribution in [-0.4, -0.2) is 11.8 Å². The van der Waals surface area contributed by atoms with Gasteiger partial charge in [0.1, 0.15) is 6.04 Å². The van der Waals surface area contributed by atoms with E-state index < -0.39 is 6.04 Å². The Labute approximate surface area is 199 Å². The first-order valence-corrected chi connectivity index (χ1v) is 12.0. The lowest BCUT2D eigenvalue weighted by Gasteiger charge is -2.44. The Morgan fingerprint density at radius 2 is 1.58 bits per heavy atom. The number of hydrogen-bond donors (Lipinski definition) is 1. The summed E-state index contributed by atoms with van der Waals surface area (Å²) in [5.41, 5.74) is 3.79. The number of halogens is 1. The first kappa shape index (κ1) is 21.7. The highest BCUT2D eigenvalue weighted by Gasteiger charge is 2.45. The molecule has 0 spiro atoms. The third-order valence-corrected chi connectivity index (χ3v) is 7.17. The van der Waals surface area contributed by atoms with Gasteiger partial charge in [0, 0.05) is 23.2 Å². The number of carbonyl (C=O) groups excluding carboxylic acids is 2. The molecule has 2 aliphatic rings. The number of carbonyl (C=O) groups is 2. The number of nitrogens with one attached hydrogen (secondary N) is 1. The number of para-hydroxylation sites is 1. The van der Waals surface area contributed by atoms with Crippen molar-refractivity contribution in [3.8, 4) is 0 Å². The second-order valence-electron chi connectivity index (χ2n) is 8.92. The molecule has 33 heavy (non-hydrogen) atoms. The monoisotopic (exact) mass is 458 g/mol. The Morgan fingerprint density at radius 3 is 2.33 bits per heavy atom. The van der Waals surface area contributed by atoms with E-state index in [1.54, 1.807) is 17.0 Å². The predicted octanol–water partition coefficient (Wildman–Crippen LogP) is 6.02. The van der Waals surface area contributed by atoms with E-state index in [0.29, 0.717) is 11.6 Å². The van der Waals surface area contributed by atoms with Crippen molar-refractivity contribution in [1.82, 2.24) is 5.32 Å². The molecule has 2 amide bonds. The van der Waals surface area contributed by atoms with Gasteiger partial charge in [-0.25, -0.2) is 0 Å². The number of amides is 2. The molecule has 1 heterocycles. The van der Waals surface area contributed by atoms with E-state index in [4.69, 9.17) is 11.6 Å². The maximum Gasteiger partial charge on any atom is 0.248 e. The van der Waals surface area contributed by atoms with Crippen LogP contribution in [0.5, 0.6) is 0 Å². The number of benzene rings is 3.